The molecule has 0 fully saturated rings. The standard InChI is InChI=1S/C23H19BrClNO2S/c24-16-12-13-21(19(15-16)23(28)18-9-4-5-10-20(18)25)26-22(27)11-6-14-29-17-7-2-1-3-8-17/h1-5,7-10,12-13,15H,6,11,14H2,(H,26,27). The summed E-state index contributed by atoms with van der Waals surface area (Å²) < 4.78 is 0.755. The van der Waals surface area contributed by atoms with Gasteiger partial charge in [0.25, 0.3) is 0 Å². The zero-order valence-corrected chi connectivity index (χ0v) is 18.7. The van der Waals surface area contributed by atoms with Gasteiger partial charge in [-0.1, -0.05) is 57.9 Å². The van der Waals surface area contributed by atoms with Crippen molar-refractivity contribution in [3.05, 3.63) is 93.4 Å². The second-order valence-electron chi connectivity index (χ2n) is 6.31. The first-order valence-electron chi connectivity index (χ1n) is 9.11. The number of halogens is 2. The van der Waals surface area contributed by atoms with Crippen LogP contribution in [0.3, 0.4) is 0 Å². The first kappa shape index (κ1) is 21.6. The van der Waals surface area contributed by atoms with Gasteiger partial charge in [0.15, 0.2) is 5.78 Å². The van der Waals surface area contributed by atoms with E-state index < -0.39 is 0 Å². The molecule has 0 radical (unpaired) electrons. The topological polar surface area (TPSA) is 46.2 Å². The smallest absolute Gasteiger partial charge is 0.224 e. The van der Waals surface area contributed by atoms with E-state index in [0.717, 1.165) is 16.6 Å². The molecular weight excluding hydrogens is 470 g/mol. The van der Waals surface area contributed by atoms with Crippen LogP contribution >= 0.6 is 39.3 Å². The van der Waals surface area contributed by atoms with Crippen LogP contribution < -0.4 is 5.32 Å². The molecule has 29 heavy (non-hydrogen) atoms. The van der Waals surface area contributed by atoms with Crippen LogP contribution in [0.1, 0.15) is 28.8 Å². The molecule has 6 heteroatoms. The van der Waals surface area contributed by atoms with Gasteiger partial charge in [0.1, 0.15) is 0 Å². The first-order valence-corrected chi connectivity index (χ1v) is 11.3. The quantitative estimate of drug-likeness (QED) is 0.214. The largest absolute Gasteiger partial charge is 0.325 e. The molecule has 0 aliphatic carbocycles. The summed E-state index contributed by atoms with van der Waals surface area (Å²) in [5.74, 6) is 0.504. The van der Waals surface area contributed by atoms with Crippen LogP contribution in [0.2, 0.25) is 5.02 Å². The van der Waals surface area contributed by atoms with Crippen LogP contribution in [0, 0.1) is 0 Å². The summed E-state index contributed by atoms with van der Waals surface area (Å²) in [4.78, 5) is 26.6. The molecule has 0 aromatic heterocycles. The minimum Gasteiger partial charge on any atom is -0.325 e. The maximum absolute atomic E-state index is 13.0. The SMILES string of the molecule is O=C(CCCSc1ccccc1)Nc1ccc(Br)cc1C(=O)c1ccccc1Cl. The molecule has 3 nitrogen and oxygen atoms in total. The fourth-order valence-electron chi connectivity index (χ4n) is 2.76. The van der Waals surface area contributed by atoms with E-state index in [2.05, 4.69) is 33.4 Å². The minimum absolute atomic E-state index is 0.116. The molecule has 1 amide bonds. The van der Waals surface area contributed by atoms with Crippen molar-refractivity contribution in [2.45, 2.75) is 17.7 Å². The van der Waals surface area contributed by atoms with Crippen molar-refractivity contribution >= 4 is 56.7 Å². The van der Waals surface area contributed by atoms with E-state index in [9.17, 15) is 9.59 Å². The van der Waals surface area contributed by atoms with E-state index in [-0.39, 0.29) is 11.7 Å². The van der Waals surface area contributed by atoms with Crippen molar-refractivity contribution < 1.29 is 9.59 Å². The molecule has 0 atom stereocenters. The fraction of sp³-hybridized carbons (Fsp3) is 0.130. The Morgan fingerprint density at radius 3 is 2.41 bits per heavy atom. The lowest BCUT2D eigenvalue weighted by molar-refractivity contribution is -0.116. The molecule has 148 valence electrons. The number of carbonyl (C=O) groups excluding carboxylic acids is 2. The fourth-order valence-corrected chi connectivity index (χ4v) is 4.21. The Hall–Kier alpha value is -2.08. The van der Waals surface area contributed by atoms with Gasteiger partial charge in [0, 0.05) is 26.9 Å². The predicted molar refractivity (Wildman–Crippen MR) is 124 cm³/mol. The third kappa shape index (κ3) is 6.20. The molecule has 0 spiro atoms. The molecule has 3 rings (SSSR count). The number of amides is 1. The van der Waals surface area contributed by atoms with E-state index in [1.165, 1.54) is 4.90 Å². The summed E-state index contributed by atoms with van der Waals surface area (Å²) in [6.45, 7) is 0. The molecule has 0 aliphatic heterocycles. The van der Waals surface area contributed by atoms with Crippen LogP contribution in [-0.4, -0.2) is 17.4 Å². The lowest BCUT2D eigenvalue weighted by atomic mass is 10.0. The highest BCUT2D eigenvalue weighted by atomic mass is 79.9. The molecule has 0 aliphatic rings. The van der Waals surface area contributed by atoms with E-state index in [1.807, 2.05) is 18.2 Å². The third-order valence-electron chi connectivity index (χ3n) is 4.18. The van der Waals surface area contributed by atoms with Gasteiger partial charge in [-0.05, 0) is 54.6 Å². The predicted octanol–water partition coefficient (Wildman–Crippen LogP) is 6.84. The number of carbonyl (C=O) groups is 2. The molecule has 1 N–H and O–H groups in total. The molecular formula is C23H19BrClNO2S. The number of ketones is 1. The number of thioether (sulfide) groups is 1. The zero-order chi connectivity index (χ0) is 20.6. The highest BCUT2D eigenvalue weighted by Gasteiger charge is 2.18. The number of hydrogen-bond donors (Lipinski definition) is 1. The summed E-state index contributed by atoms with van der Waals surface area (Å²) in [5.41, 5.74) is 1.29. The van der Waals surface area contributed by atoms with Crippen LogP contribution in [0.15, 0.2) is 82.2 Å². The Morgan fingerprint density at radius 2 is 1.66 bits per heavy atom. The number of hydrogen-bond acceptors (Lipinski definition) is 3. The van der Waals surface area contributed by atoms with Crippen molar-refractivity contribution in [2.24, 2.45) is 0 Å². The van der Waals surface area contributed by atoms with Crippen molar-refractivity contribution in [3.63, 3.8) is 0 Å². The van der Waals surface area contributed by atoms with Crippen LogP contribution in [0.4, 0.5) is 5.69 Å². The van der Waals surface area contributed by atoms with Crippen molar-refractivity contribution in [3.8, 4) is 0 Å². The summed E-state index contributed by atoms with van der Waals surface area (Å²) in [7, 11) is 0. The molecule has 0 saturated heterocycles. The van der Waals surface area contributed by atoms with E-state index in [1.54, 1.807) is 54.2 Å². The minimum atomic E-state index is -0.230. The Kier molecular flexibility index (Phi) is 7.92. The van der Waals surface area contributed by atoms with Crippen molar-refractivity contribution in [1.82, 2.24) is 0 Å². The van der Waals surface area contributed by atoms with Gasteiger partial charge in [0.05, 0.1) is 10.7 Å². The summed E-state index contributed by atoms with van der Waals surface area (Å²) >= 11 is 11.3. The molecule has 3 aromatic carbocycles. The summed E-state index contributed by atoms with van der Waals surface area (Å²) in [6.07, 6.45) is 1.13. The number of anilines is 1. The Balaban J connectivity index is 1.64. The van der Waals surface area contributed by atoms with Gasteiger partial charge in [-0.15, -0.1) is 11.8 Å². The monoisotopic (exact) mass is 487 g/mol. The number of benzene rings is 3. The van der Waals surface area contributed by atoms with Gasteiger partial charge < -0.3 is 5.32 Å². The average Bonchev–Trinajstić information content (AvgIpc) is 2.73. The molecule has 0 saturated carbocycles. The average molecular weight is 489 g/mol. The van der Waals surface area contributed by atoms with Crippen LogP contribution in [-0.2, 0) is 4.79 Å². The number of nitrogens with one attached hydrogen (secondary N) is 1. The maximum atomic E-state index is 13.0. The lowest BCUT2D eigenvalue weighted by Crippen LogP contribution is -2.15. The summed E-state index contributed by atoms with van der Waals surface area (Å²) in [6, 6.07) is 22.2. The van der Waals surface area contributed by atoms with Gasteiger partial charge in [0.2, 0.25) is 5.91 Å². The normalized spacial score (nSPS) is 10.6. The van der Waals surface area contributed by atoms with Crippen LogP contribution in [0.25, 0.3) is 0 Å². The second-order valence-corrected chi connectivity index (χ2v) is 8.80. The van der Waals surface area contributed by atoms with E-state index in [0.29, 0.717) is 28.3 Å². The van der Waals surface area contributed by atoms with Crippen molar-refractivity contribution in [2.75, 3.05) is 11.1 Å². The Labute approximate surface area is 188 Å². The van der Waals surface area contributed by atoms with Gasteiger partial charge in [-0.25, -0.2) is 0 Å². The van der Waals surface area contributed by atoms with Crippen LogP contribution in [0.5, 0.6) is 0 Å². The maximum Gasteiger partial charge on any atom is 0.224 e. The highest BCUT2D eigenvalue weighted by Crippen LogP contribution is 2.27. The second kappa shape index (κ2) is 10.6. The molecule has 0 heterocycles. The third-order valence-corrected chi connectivity index (χ3v) is 6.10. The first-order chi connectivity index (χ1) is 14.0. The molecule has 0 unspecified atom stereocenters. The molecule has 0 bridgehead atoms. The Morgan fingerprint density at radius 1 is 0.931 bits per heavy atom. The van der Waals surface area contributed by atoms with Gasteiger partial charge >= 0.3 is 0 Å². The molecule has 3 aromatic rings. The number of rotatable bonds is 8. The Bertz CT molecular complexity index is 1010. The van der Waals surface area contributed by atoms with Gasteiger partial charge in [-0.2, -0.15) is 0 Å². The van der Waals surface area contributed by atoms with E-state index in [4.69, 9.17) is 11.6 Å². The van der Waals surface area contributed by atoms with Gasteiger partial charge in [-0.3, -0.25) is 9.59 Å². The van der Waals surface area contributed by atoms with Crippen molar-refractivity contribution in [1.29, 1.82) is 0 Å². The highest BCUT2D eigenvalue weighted by molar-refractivity contribution is 9.10. The zero-order valence-electron chi connectivity index (χ0n) is 15.5. The van der Waals surface area contributed by atoms with E-state index >= 15 is 0 Å². The lowest BCUT2D eigenvalue weighted by Gasteiger charge is -2.12. The summed E-state index contributed by atoms with van der Waals surface area (Å²) in [5, 5.41) is 3.26.